The maximum atomic E-state index is 10.8. The molecular weight excluding hydrogens is 290 g/mol. The molecule has 3 aromatic rings. The molecule has 5 heteroatoms. The van der Waals surface area contributed by atoms with Crippen LogP contribution in [-0.2, 0) is 18.3 Å². The normalized spacial score (nSPS) is 11.0. The van der Waals surface area contributed by atoms with E-state index in [0.717, 1.165) is 33.2 Å². The molecule has 0 saturated heterocycles. The number of aryl methyl sites for hydroxylation is 3. The van der Waals surface area contributed by atoms with Crippen molar-refractivity contribution >= 4 is 22.6 Å². The molecule has 0 aliphatic carbocycles. The van der Waals surface area contributed by atoms with E-state index < -0.39 is 5.97 Å². The van der Waals surface area contributed by atoms with Crippen molar-refractivity contribution in [3.63, 3.8) is 0 Å². The Morgan fingerprint density at radius 1 is 1.30 bits per heavy atom. The van der Waals surface area contributed by atoms with Gasteiger partial charge in [-0.25, -0.2) is 0 Å². The molecule has 2 aromatic carbocycles. The van der Waals surface area contributed by atoms with Gasteiger partial charge in [-0.1, -0.05) is 6.07 Å². The van der Waals surface area contributed by atoms with Gasteiger partial charge in [-0.3, -0.25) is 9.48 Å². The number of hydrogen-bond donors (Lipinski definition) is 2. The third-order valence-corrected chi connectivity index (χ3v) is 4.17. The van der Waals surface area contributed by atoms with Gasteiger partial charge in [0.2, 0.25) is 0 Å². The number of nitrogens with zero attached hydrogens (tertiary/aromatic N) is 2. The molecule has 3 rings (SSSR count). The van der Waals surface area contributed by atoms with Crippen molar-refractivity contribution in [3.05, 3.63) is 47.7 Å². The maximum Gasteiger partial charge on any atom is 0.303 e. The van der Waals surface area contributed by atoms with E-state index in [2.05, 4.69) is 11.2 Å². The molecule has 23 heavy (non-hydrogen) atoms. The second kappa shape index (κ2) is 5.76. The fourth-order valence-corrected chi connectivity index (χ4v) is 2.87. The SMILES string of the molecule is Cc1cc(N)c(-c2ccc3c(cnn3C)c2)cc1CCC(=O)O. The Bertz CT molecular complexity index is 897. The second-order valence-corrected chi connectivity index (χ2v) is 5.80. The Morgan fingerprint density at radius 3 is 2.83 bits per heavy atom. The van der Waals surface area contributed by atoms with Gasteiger partial charge < -0.3 is 10.8 Å². The van der Waals surface area contributed by atoms with Crippen molar-refractivity contribution in [1.29, 1.82) is 0 Å². The van der Waals surface area contributed by atoms with Gasteiger partial charge in [0.15, 0.2) is 0 Å². The molecule has 0 saturated carbocycles. The first-order valence-corrected chi connectivity index (χ1v) is 7.48. The molecule has 0 radical (unpaired) electrons. The van der Waals surface area contributed by atoms with Gasteiger partial charge in [0, 0.05) is 30.1 Å². The number of hydrogen-bond acceptors (Lipinski definition) is 3. The summed E-state index contributed by atoms with van der Waals surface area (Å²) in [5.41, 5.74) is 11.9. The first-order chi connectivity index (χ1) is 11.0. The lowest BCUT2D eigenvalue weighted by Crippen LogP contribution is -2.01. The Morgan fingerprint density at radius 2 is 2.09 bits per heavy atom. The highest BCUT2D eigenvalue weighted by atomic mass is 16.4. The van der Waals surface area contributed by atoms with Crippen LogP contribution in [0.2, 0.25) is 0 Å². The largest absolute Gasteiger partial charge is 0.481 e. The summed E-state index contributed by atoms with van der Waals surface area (Å²) in [7, 11) is 1.91. The van der Waals surface area contributed by atoms with Crippen LogP contribution in [0, 0.1) is 6.92 Å². The highest BCUT2D eigenvalue weighted by Gasteiger charge is 2.10. The highest BCUT2D eigenvalue weighted by Crippen LogP contribution is 2.31. The summed E-state index contributed by atoms with van der Waals surface area (Å²) in [6, 6.07) is 10.0. The zero-order valence-electron chi connectivity index (χ0n) is 13.2. The van der Waals surface area contributed by atoms with Crippen LogP contribution < -0.4 is 5.73 Å². The minimum Gasteiger partial charge on any atom is -0.481 e. The van der Waals surface area contributed by atoms with E-state index in [0.29, 0.717) is 12.1 Å². The van der Waals surface area contributed by atoms with E-state index in [1.807, 2.05) is 49.1 Å². The third-order valence-electron chi connectivity index (χ3n) is 4.17. The fourth-order valence-electron chi connectivity index (χ4n) is 2.87. The summed E-state index contributed by atoms with van der Waals surface area (Å²) in [5, 5.41) is 14.2. The molecule has 3 N–H and O–H groups in total. The van der Waals surface area contributed by atoms with Crippen LogP contribution in [0.5, 0.6) is 0 Å². The summed E-state index contributed by atoms with van der Waals surface area (Å²) < 4.78 is 1.83. The first-order valence-electron chi connectivity index (χ1n) is 7.48. The van der Waals surface area contributed by atoms with Crippen molar-refractivity contribution in [1.82, 2.24) is 9.78 Å². The van der Waals surface area contributed by atoms with Crippen LogP contribution in [0.4, 0.5) is 5.69 Å². The van der Waals surface area contributed by atoms with E-state index in [1.54, 1.807) is 0 Å². The number of benzene rings is 2. The Hall–Kier alpha value is -2.82. The lowest BCUT2D eigenvalue weighted by Gasteiger charge is -2.12. The quantitative estimate of drug-likeness (QED) is 0.725. The van der Waals surface area contributed by atoms with Crippen molar-refractivity contribution in [2.45, 2.75) is 19.8 Å². The van der Waals surface area contributed by atoms with E-state index in [1.165, 1.54) is 0 Å². The zero-order chi connectivity index (χ0) is 16.6. The summed E-state index contributed by atoms with van der Waals surface area (Å²) >= 11 is 0. The van der Waals surface area contributed by atoms with Crippen LogP contribution >= 0.6 is 0 Å². The number of nitrogens with two attached hydrogens (primary N) is 1. The van der Waals surface area contributed by atoms with Crippen molar-refractivity contribution in [2.24, 2.45) is 7.05 Å². The number of aromatic nitrogens is 2. The summed E-state index contributed by atoms with van der Waals surface area (Å²) in [6.07, 6.45) is 2.45. The van der Waals surface area contributed by atoms with E-state index in [4.69, 9.17) is 10.8 Å². The van der Waals surface area contributed by atoms with Gasteiger partial charge >= 0.3 is 5.97 Å². The van der Waals surface area contributed by atoms with Crippen molar-refractivity contribution in [3.8, 4) is 11.1 Å². The molecule has 5 nitrogen and oxygen atoms in total. The minimum absolute atomic E-state index is 0.117. The number of carboxylic acids is 1. The zero-order valence-corrected chi connectivity index (χ0v) is 13.2. The molecule has 0 aliphatic rings. The predicted molar refractivity (Wildman–Crippen MR) is 91.3 cm³/mol. The van der Waals surface area contributed by atoms with Crippen molar-refractivity contribution < 1.29 is 9.90 Å². The van der Waals surface area contributed by atoms with Gasteiger partial charge in [0.25, 0.3) is 0 Å². The predicted octanol–water partition coefficient (Wildman–Crippen LogP) is 3.15. The first kappa shape index (κ1) is 15.1. The highest BCUT2D eigenvalue weighted by molar-refractivity contribution is 5.87. The van der Waals surface area contributed by atoms with E-state index in [9.17, 15) is 4.79 Å². The van der Waals surface area contributed by atoms with Crippen LogP contribution in [0.1, 0.15) is 17.5 Å². The van der Waals surface area contributed by atoms with Gasteiger partial charge in [0.05, 0.1) is 11.7 Å². The molecule has 0 bridgehead atoms. The smallest absolute Gasteiger partial charge is 0.303 e. The summed E-state index contributed by atoms with van der Waals surface area (Å²) in [4.78, 5) is 10.8. The second-order valence-electron chi connectivity index (χ2n) is 5.80. The number of rotatable bonds is 4. The van der Waals surface area contributed by atoms with Gasteiger partial charge in [-0.05, 0) is 54.3 Å². The molecular formula is C18H19N3O2. The van der Waals surface area contributed by atoms with Crippen molar-refractivity contribution in [2.75, 3.05) is 5.73 Å². The molecule has 1 aromatic heterocycles. The van der Waals surface area contributed by atoms with Crippen LogP contribution in [0.3, 0.4) is 0 Å². The maximum absolute atomic E-state index is 10.8. The number of aliphatic carboxylic acids is 1. The fraction of sp³-hybridized carbons (Fsp3) is 0.222. The standard InChI is InChI=1S/C18H19N3O2/c1-11-7-16(19)15(9-12(11)4-6-18(22)23)13-3-5-17-14(8-13)10-20-21(17)2/h3,5,7-10H,4,6,19H2,1-2H3,(H,22,23). The molecule has 0 spiro atoms. The molecule has 0 fully saturated rings. The Labute approximate surface area is 134 Å². The van der Waals surface area contributed by atoms with Gasteiger partial charge in [-0.2, -0.15) is 5.10 Å². The van der Waals surface area contributed by atoms with Gasteiger partial charge in [0.1, 0.15) is 0 Å². The number of nitrogen functional groups attached to an aromatic ring is 1. The molecule has 0 amide bonds. The minimum atomic E-state index is -0.792. The van der Waals surface area contributed by atoms with Crippen LogP contribution in [-0.4, -0.2) is 20.9 Å². The van der Waals surface area contributed by atoms with E-state index in [-0.39, 0.29) is 6.42 Å². The number of carbonyl (C=O) groups is 1. The monoisotopic (exact) mass is 309 g/mol. The summed E-state index contributed by atoms with van der Waals surface area (Å²) in [6.45, 7) is 1.96. The van der Waals surface area contributed by atoms with Crippen LogP contribution in [0.15, 0.2) is 36.5 Å². The lowest BCUT2D eigenvalue weighted by molar-refractivity contribution is -0.136. The number of fused-ring (bicyclic) bond motifs is 1. The topological polar surface area (TPSA) is 81.1 Å². The van der Waals surface area contributed by atoms with E-state index >= 15 is 0 Å². The average Bonchev–Trinajstić information content (AvgIpc) is 2.87. The van der Waals surface area contributed by atoms with Gasteiger partial charge in [-0.15, -0.1) is 0 Å². The number of anilines is 1. The molecule has 0 atom stereocenters. The molecule has 118 valence electrons. The molecule has 1 heterocycles. The molecule has 0 aliphatic heterocycles. The Balaban J connectivity index is 2.05. The lowest BCUT2D eigenvalue weighted by atomic mass is 9.95. The Kier molecular flexibility index (Phi) is 3.78. The number of carboxylic acid groups (broad SMARTS) is 1. The van der Waals surface area contributed by atoms with Crippen LogP contribution in [0.25, 0.3) is 22.0 Å². The third kappa shape index (κ3) is 2.90. The summed E-state index contributed by atoms with van der Waals surface area (Å²) in [5.74, 6) is -0.792. The average molecular weight is 309 g/mol. The molecule has 0 unspecified atom stereocenters.